The Kier molecular flexibility index (Phi) is 3.19. The van der Waals surface area contributed by atoms with Crippen molar-refractivity contribution in [2.24, 2.45) is 0 Å². The average molecular weight is 288 g/mol. The van der Waals surface area contributed by atoms with Gasteiger partial charge in [0.25, 0.3) is 5.56 Å². The van der Waals surface area contributed by atoms with Crippen LogP contribution in [0.15, 0.2) is 16.9 Å². The maximum absolute atomic E-state index is 11.8. The first-order chi connectivity index (χ1) is 8.45. The number of carbonyl (C=O) groups is 1. The van der Waals surface area contributed by atoms with Crippen molar-refractivity contribution in [2.45, 2.75) is 0 Å². The van der Waals surface area contributed by atoms with Crippen LogP contribution in [0.3, 0.4) is 0 Å². The third-order valence-electron chi connectivity index (χ3n) is 2.43. The number of rotatable bonds is 1. The number of halogens is 2. The lowest BCUT2D eigenvalue weighted by molar-refractivity contribution is 0.0590. The minimum absolute atomic E-state index is 0.133. The number of nitrogens with one attached hydrogen (secondary N) is 1. The number of fused-ring (bicyclic) bond motifs is 1. The molecule has 18 heavy (non-hydrogen) atoms. The molecule has 2 N–H and O–H groups in total. The molecule has 2 rings (SSSR count). The summed E-state index contributed by atoms with van der Waals surface area (Å²) in [5.41, 5.74) is -0.893. The van der Waals surface area contributed by atoms with Crippen molar-refractivity contribution in [1.82, 2.24) is 4.98 Å². The van der Waals surface area contributed by atoms with Gasteiger partial charge in [-0.05, 0) is 12.1 Å². The summed E-state index contributed by atoms with van der Waals surface area (Å²) in [5, 5.41) is 10.5. The van der Waals surface area contributed by atoms with Crippen LogP contribution < -0.4 is 5.56 Å². The van der Waals surface area contributed by atoms with Crippen molar-refractivity contribution in [3.8, 4) is 5.75 Å². The Bertz CT molecular complexity index is 708. The van der Waals surface area contributed by atoms with E-state index < -0.39 is 17.3 Å². The van der Waals surface area contributed by atoms with Crippen molar-refractivity contribution >= 4 is 39.9 Å². The van der Waals surface area contributed by atoms with E-state index in [0.717, 1.165) is 7.11 Å². The summed E-state index contributed by atoms with van der Waals surface area (Å²) in [6.07, 6.45) is 0. The van der Waals surface area contributed by atoms with Crippen LogP contribution >= 0.6 is 23.2 Å². The van der Waals surface area contributed by atoms with E-state index in [1.54, 1.807) is 0 Å². The summed E-state index contributed by atoms with van der Waals surface area (Å²) in [6, 6.07) is 2.63. The Morgan fingerprint density at radius 3 is 2.39 bits per heavy atom. The summed E-state index contributed by atoms with van der Waals surface area (Å²) in [5.74, 6) is -1.26. The summed E-state index contributed by atoms with van der Waals surface area (Å²) >= 11 is 11.6. The van der Waals surface area contributed by atoms with E-state index in [2.05, 4.69) is 9.72 Å². The van der Waals surface area contributed by atoms with Crippen LogP contribution in [0.1, 0.15) is 10.5 Å². The molecule has 5 nitrogen and oxygen atoms in total. The van der Waals surface area contributed by atoms with E-state index in [1.807, 2.05) is 0 Å². The van der Waals surface area contributed by atoms with Crippen molar-refractivity contribution in [3.63, 3.8) is 0 Å². The zero-order valence-electron chi connectivity index (χ0n) is 9.08. The van der Waals surface area contributed by atoms with Gasteiger partial charge in [0.1, 0.15) is 0 Å². The molecule has 2 aromatic rings. The van der Waals surface area contributed by atoms with Gasteiger partial charge in [-0.15, -0.1) is 0 Å². The standard InChI is InChI=1S/C11H7Cl2NO4/c1-18-11(17)8-9(15)4-2-6(12)7(13)3-5(4)10(16)14-8/h2-3,15H,1H3,(H,14,16). The van der Waals surface area contributed by atoms with Gasteiger partial charge in [0.2, 0.25) is 0 Å². The third kappa shape index (κ3) is 1.91. The van der Waals surface area contributed by atoms with Gasteiger partial charge < -0.3 is 14.8 Å². The molecule has 0 radical (unpaired) electrons. The molecule has 0 saturated carbocycles. The molecule has 0 spiro atoms. The number of aromatic hydroxyl groups is 1. The van der Waals surface area contributed by atoms with Gasteiger partial charge in [-0.2, -0.15) is 0 Å². The second kappa shape index (κ2) is 4.51. The molecule has 1 heterocycles. The highest BCUT2D eigenvalue weighted by atomic mass is 35.5. The number of hydrogen-bond acceptors (Lipinski definition) is 4. The average Bonchev–Trinajstić information content (AvgIpc) is 2.35. The van der Waals surface area contributed by atoms with Crippen LogP contribution in [0.25, 0.3) is 10.8 Å². The molecule has 0 amide bonds. The van der Waals surface area contributed by atoms with E-state index in [9.17, 15) is 14.7 Å². The molecule has 0 aliphatic carbocycles. The Morgan fingerprint density at radius 1 is 1.28 bits per heavy atom. The monoisotopic (exact) mass is 287 g/mol. The van der Waals surface area contributed by atoms with E-state index in [-0.39, 0.29) is 26.5 Å². The van der Waals surface area contributed by atoms with Crippen molar-refractivity contribution in [3.05, 3.63) is 38.2 Å². The molecular formula is C11H7Cl2NO4. The lowest BCUT2D eigenvalue weighted by atomic mass is 10.1. The van der Waals surface area contributed by atoms with Gasteiger partial charge in [0.15, 0.2) is 11.4 Å². The smallest absolute Gasteiger partial charge is 0.358 e. The Morgan fingerprint density at radius 2 is 1.83 bits per heavy atom. The second-order valence-corrected chi connectivity index (χ2v) is 4.30. The molecule has 0 unspecified atom stereocenters. The molecule has 1 aromatic heterocycles. The summed E-state index contributed by atoms with van der Waals surface area (Å²) < 4.78 is 4.45. The second-order valence-electron chi connectivity index (χ2n) is 3.48. The number of carbonyl (C=O) groups excluding carboxylic acids is 1. The number of methoxy groups -OCH3 is 1. The predicted octanol–water partition coefficient (Wildman–Crippen LogP) is 2.33. The van der Waals surface area contributed by atoms with Crippen LogP contribution in [0.5, 0.6) is 5.75 Å². The number of esters is 1. The van der Waals surface area contributed by atoms with Gasteiger partial charge in [0.05, 0.1) is 22.5 Å². The lowest BCUT2D eigenvalue weighted by Gasteiger charge is -2.07. The fraction of sp³-hybridized carbons (Fsp3) is 0.0909. The molecule has 0 aliphatic rings. The van der Waals surface area contributed by atoms with Gasteiger partial charge in [-0.1, -0.05) is 23.2 Å². The fourth-order valence-corrected chi connectivity index (χ4v) is 1.88. The molecule has 94 valence electrons. The molecule has 0 bridgehead atoms. The molecule has 0 atom stereocenters. The quantitative estimate of drug-likeness (QED) is 0.789. The summed E-state index contributed by atoms with van der Waals surface area (Å²) in [6.45, 7) is 0. The summed E-state index contributed by atoms with van der Waals surface area (Å²) in [7, 11) is 1.14. The van der Waals surface area contributed by atoms with E-state index in [1.165, 1.54) is 12.1 Å². The first kappa shape index (κ1) is 12.7. The number of aromatic nitrogens is 1. The molecule has 0 saturated heterocycles. The molecule has 1 aromatic carbocycles. The Balaban J connectivity index is 2.90. The van der Waals surface area contributed by atoms with Crippen molar-refractivity contribution in [2.75, 3.05) is 7.11 Å². The van der Waals surface area contributed by atoms with E-state index in [4.69, 9.17) is 23.2 Å². The topological polar surface area (TPSA) is 79.4 Å². The highest BCUT2D eigenvalue weighted by Crippen LogP contribution is 2.32. The number of benzene rings is 1. The van der Waals surface area contributed by atoms with Crippen LogP contribution in [0.4, 0.5) is 0 Å². The van der Waals surface area contributed by atoms with E-state index in [0.29, 0.717) is 0 Å². The minimum atomic E-state index is -0.849. The zero-order chi connectivity index (χ0) is 13.4. The Hall–Kier alpha value is -1.72. The summed E-state index contributed by atoms with van der Waals surface area (Å²) in [4.78, 5) is 25.4. The highest BCUT2D eigenvalue weighted by molar-refractivity contribution is 6.42. The first-order valence-electron chi connectivity index (χ1n) is 4.78. The van der Waals surface area contributed by atoms with E-state index >= 15 is 0 Å². The van der Waals surface area contributed by atoms with Crippen LogP contribution in [-0.2, 0) is 4.74 Å². The van der Waals surface area contributed by atoms with Crippen molar-refractivity contribution < 1.29 is 14.6 Å². The zero-order valence-corrected chi connectivity index (χ0v) is 10.6. The SMILES string of the molecule is COC(=O)c1[nH]c(=O)c2cc(Cl)c(Cl)cc2c1O. The maximum Gasteiger partial charge on any atom is 0.358 e. The number of ether oxygens (including phenoxy) is 1. The van der Waals surface area contributed by atoms with Crippen LogP contribution in [0, 0.1) is 0 Å². The number of aromatic amines is 1. The fourth-order valence-electron chi connectivity index (χ4n) is 1.56. The molecule has 0 aliphatic heterocycles. The molecule has 7 heteroatoms. The first-order valence-corrected chi connectivity index (χ1v) is 5.53. The van der Waals surface area contributed by atoms with Crippen molar-refractivity contribution in [1.29, 1.82) is 0 Å². The highest BCUT2D eigenvalue weighted by Gasteiger charge is 2.18. The van der Waals surface area contributed by atoms with Gasteiger partial charge in [0, 0.05) is 5.39 Å². The molecular weight excluding hydrogens is 281 g/mol. The van der Waals surface area contributed by atoms with Gasteiger partial charge in [-0.3, -0.25) is 4.79 Å². The largest absolute Gasteiger partial charge is 0.505 e. The maximum atomic E-state index is 11.8. The molecule has 0 fully saturated rings. The number of hydrogen-bond donors (Lipinski definition) is 2. The van der Waals surface area contributed by atoms with Crippen LogP contribution in [-0.4, -0.2) is 23.2 Å². The predicted molar refractivity (Wildman–Crippen MR) is 67.6 cm³/mol. The normalized spacial score (nSPS) is 10.6. The van der Waals surface area contributed by atoms with Gasteiger partial charge in [-0.25, -0.2) is 4.79 Å². The third-order valence-corrected chi connectivity index (χ3v) is 3.15. The minimum Gasteiger partial charge on any atom is -0.505 e. The number of H-pyrrole nitrogens is 1. The Labute approximate surface area is 111 Å². The van der Waals surface area contributed by atoms with Crippen LogP contribution in [0.2, 0.25) is 10.0 Å². The lowest BCUT2D eigenvalue weighted by Crippen LogP contribution is -2.14. The number of pyridine rings is 1. The van der Waals surface area contributed by atoms with Gasteiger partial charge >= 0.3 is 5.97 Å².